The van der Waals surface area contributed by atoms with Crippen molar-refractivity contribution >= 4 is 60.7 Å². The minimum absolute atomic E-state index is 0.702. The van der Waals surface area contributed by atoms with E-state index in [1.807, 2.05) is 24.3 Å². The molecular formula is C32H22N4. The zero-order valence-corrected chi connectivity index (χ0v) is 19.5. The molecule has 0 bridgehead atoms. The van der Waals surface area contributed by atoms with Crippen LogP contribution in [0.4, 0.5) is 11.4 Å². The summed E-state index contributed by atoms with van der Waals surface area (Å²) < 4.78 is 4.84. The number of hydrogen-bond donors (Lipinski definition) is 1. The van der Waals surface area contributed by atoms with Crippen LogP contribution in [0, 0.1) is 0 Å². The lowest BCUT2D eigenvalue weighted by Gasteiger charge is -2.10. The molecule has 0 amide bonds. The monoisotopic (exact) mass is 462 g/mol. The van der Waals surface area contributed by atoms with E-state index in [4.69, 9.17) is 10.7 Å². The van der Waals surface area contributed by atoms with Crippen molar-refractivity contribution in [3.63, 3.8) is 0 Å². The number of aliphatic imine (C=N–C) groups is 1. The van der Waals surface area contributed by atoms with Gasteiger partial charge in [-0.25, -0.2) is 4.99 Å². The number of aromatic nitrogens is 2. The molecule has 0 radical (unpaired) electrons. The van der Waals surface area contributed by atoms with Crippen LogP contribution in [0.2, 0.25) is 0 Å². The molecule has 0 saturated carbocycles. The number of nitrogens with two attached hydrogens (primary N) is 1. The summed E-state index contributed by atoms with van der Waals surface area (Å²) in [6.07, 6.45) is 0. The molecule has 0 aliphatic carbocycles. The summed E-state index contributed by atoms with van der Waals surface area (Å²) in [6, 6.07) is 38.4. The van der Waals surface area contributed by atoms with Crippen LogP contribution in [0.15, 0.2) is 114 Å². The number of fused-ring (bicyclic) bond motifs is 7. The van der Waals surface area contributed by atoms with Crippen molar-refractivity contribution < 1.29 is 0 Å². The topological polar surface area (TPSA) is 48.2 Å². The first-order valence-corrected chi connectivity index (χ1v) is 12.2. The quantitative estimate of drug-likeness (QED) is 0.264. The smallest absolute Gasteiger partial charge is 0.0863 e. The molecule has 0 saturated heterocycles. The summed E-state index contributed by atoms with van der Waals surface area (Å²) in [6.45, 7) is 0.727. The van der Waals surface area contributed by atoms with Crippen LogP contribution in [0.5, 0.6) is 0 Å². The van der Waals surface area contributed by atoms with Crippen LogP contribution >= 0.6 is 0 Å². The number of para-hydroxylation sites is 5. The molecule has 2 aromatic heterocycles. The fourth-order valence-electron chi connectivity index (χ4n) is 6.00. The van der Waals surface area contributed by atoms with Crippen molar-refractivity contribution in [3.05, 3.63) is 115 Å². The van der Waals surface area contributed by atoms with Gasteiger partial charge >= 0.3 is 0 Å². The average molecular weight is 463 g/mol. The first-order valence-electron chi connectivity index (χ1n) is 12.2. The lowest BCUT2D eigenvalue weighted by atomic mass is 10.0. The Balaban J connectivity index is 1.51. The van der Waals surface area contributed by atoms with Crippen molar-refractivity contribution in [1.82, 2.24) is 9.13 Å². The number of rotatable bonds is 2. The van der Waals surface area contributed by atoms with Crippen LogP contribution in [-0.2, 0) is 6.54 Å². The van der Waals surface area contributed by atoms with E-state index in [-0.39, 0.29) is 0 Å². The Kier molecular flexibility index (Phi) is 3.84. The van der Waals surface area contributed by atoms with Crippen molar-refractivity contribution in [2.75, 3.05) is 5.73 Å². The lowest BCUT2D eigenvalue weighted by Crippen LogP contribution is -2.03. The first kappa shape index (κ1) is 19.5. The number of nitrogens with zero attached hydrogens (tertiary/aromatic N) is 3. The van der Waals surface area contributed by atoms with Gasteiger partial charge in [-0.3, -0.25) is 0 Å². The fourth-order valence-corrected chi connectivity index (χ4v) is 6.00. The van der Waals surface area contributed by atoms with E-state index in [1.165, 1.54) is 54.9 Å². The van der Waals surface area contributed by atoms with Crippen LogP contribution < -0.4 is 5.73 Å². The predicted octanol–water partition coefficient (Wildman–Crippen LogP) is 7.61. The van der Waals surface area contributed by atoms with Gasteiger partial charge in [0.1, 0.15) is 0 Å². The molecule has 36 heavy (non-hydrogen) atoms. The zero-order valence-electron chi connectivity index (χ0n) is 19.5. The molecule has 5 aromatic carbocycles. The van der Waals surface area contributed by atoms with Gasteiger partial charge in [-0.2, -0.15) is 0 Å². The third-order valence-electron chi connectivity index (χ3n) is 7.51. The number of nitrogen functional groups attached to an aromatic ring is 1. The molecule has 3 heterocycles. The number of anilines is 1. The first-order chi connectivity index (χ1) is 17.8. The van der Waals surface area contributed by atoms with Gasteiger partial charge in [0.05, 0.1) is 45.7 Å². The molecule has 4 heteroatoms. The highest BCUT2D eigenvalue weighted by molar-refractivity contribution is 6.29. The molecule has 170 valence electrons. The molecule has 1 aliphatic heterocycles. The molecule has 2 N–H and O–H groups in total. The average Bonchev–Trinajstić information content (AvgIpc) is 3.56. The Morgan fingerprint density at radius 3 is 2.28 bits per heavy atom. The maximum Gasteiger partial charge on any atom is 0.0863 e. The molecule has 8 rings (SSSR count). The van der Waals surface area contributed by atoms with E-state index in [0.29, 0.717) is 5.69 Å². The molecule has 0 unspecified atom stereocenters. The van der Waals surface area contributed by atoms with Crippen molar-refractivity contribution in [2.24, 2.45) is 4.99 Å². The van der Waals surface area contributed by atoms with E-state index >= 15 is 0 Å². The number of benzene rings is 5. The van der Waals surface area contributed by atoms with E-state index in [1.54, 1.807) is 0 Å². The standard InChI is InChI=1S/C32H22N4/c33-25-14-5-6-15-26(25)34-27-19-35-29-18-17-22-21-11-4-7-16-28(21)36(20-9-2-1-3-10-20)32(22)30(29)24-13-8-12-23(27)31(24)35/h1-18H,19,33H2. The maximum absolute atomic E-state index is 6.22. The second kappa shape index (κ2) is 7.09. The zero-order chi connectivity index (χ0) is 23.8. The van der Waals surface area contributed by atoms with Gasteiger partial charge in [-0.05, 0) is 36.4 Å². The second-order valence-electron chi connectivity index (χ2n) is 9.45. The highest BCUT2D eigenvalue weighted by atomic mass is 15.0. The molecule has 4 nitrogen and oxygen atoms in total. The van der Waals surface area contributed by atoms with Crippen molar-refractivity contribution in [3.8, 4) is 5.69 Å². The van der Waals surface area contributed by atoms with E-state index in [2.05, 4.69) is 94.1 Å². The Morgan fingerprint density at radius 2 is 1.39 bits per heavy atom. The summed E-state index contributed by atoms with van der Waals surface area (Å²) in [7, 11) is 0. The summed E-state index contributed by atoms with van der Waals surface area (Å²) in [4.78, 5) is 5.00. The largest absolute Gasteiger partial charge is 0.397 e. The summed E-state index contributed by atoms with van der Waals surface area (Å²) in [5.41, 5.74) is 16.1. The predicted molar refractivity (Wildman–Crippen MR) is 151 cm³/mol. The normalized spacial score (nSPS) is 14.2. The van der Waals surface area contributed by atoms with Gasteiger partial charge in [0.25, 0.3) is 0 Å². The molecule has 7 aromatic rings. The molecule has 0 fully saturated rings. The van der Waals surface area contributed by atoms with Gasteiger partial charge in [0.15, 0.2) is 0 Å². The van der Waals surface area contributed by atoms with Crippen LogP contribution in [0.1, 0.15) is 5.56 Å². The van der Waals surface area contributed by atoms with Crippen LogP contribution in [0.25, 0.3) is 49.3 Å². The number of hydrogen-bond acceptors (Lipinski definition) is 2. The Morgan fingerprint density at radius 1 is 0.611 bits per heavy atom. The Hall–Kier alpha value is -4.83. The summed E-state index contributed by atoms with van der Waals surface area (Å²) in [5, 5.41) is 5.11. The SMILES string of the molecule is Nc1ccccc1N=C1Cn2c3ccc4c5ccccc5n(-c5ccccc5)c4c3c3cccc1c32. The second-order valence-corrected chi connectivity index (χ2v) is 9.45. The van der Waals surface area contributed by atoms with Crippen molar-refractivity contribution in [2.45, 2.75) is 6.54 Å². The molecule has 0 atom stereocenters. The van der Waals surface area contributed by atoms with Gasteiger partial charge in [0.2, 0.25) is 0 Å². The van der Waals surface area contributed by atoms with E-state index in [0.717, 1.165) is 17.9 Å². The highest BCUT2D eigenvalue weighted by Gasteiger charge is 2.27. The highest BCUT2D eigenvalue weighted by Crippen LogP contribution is 2.43. The Bertz CT molecular complexity index is 2020. The maximum atomic E-state index is 6.22. The van der Waals surface area contributed by atoms with Gasteiger partial charge < -0.3 is 14.9 Å². The molecular weight excluding hydrogens is 440 g/mol. The minimum atomic E-state index is 0.702. The van der Waals surface area contributed by atoms with Crippen LogP contribution in [-0.4, -0.2) is 14.8 Å². The molecule has 1 aliphatic rings. The third-order valence-corrected chi connectivity index (χ3v) is 7.51. The van der Waals surface area contributed by atoms with Crippen molar-refractivity contribution in [1.29, 1.82) is 0 Å². The Labute approximate surface area is 207 Å². The van der Waals surface area contributed by atoms with Gasteiger partial charge in [-0.15, -0.1) is 0 Å². The third kappa shape index (κ3) is 2.50. The van der Waals surface area contributed by atoms with Crippen LogP contribution in [0.3, 0.4) is 0 Å². The fraction of sp³-hybridized carbons (Fsp3) is 0.0312. The van der Waals surface area contributed by atoms with Gasteiger partial charge in [-0.1, -0.05) is 72.8 Å². The van der Waals surface area contributed by atoms with E-state index < -0.39 is 0 Å². The van der Waals surface area contributed by atoms with E-state index in [9.17, 15) is 0 Å². The lowest BCUT2D eigenvalue weighted by molar-refractivity contribution is 0.962. The molecule has 0 spiro atoms. The summed E-state index contributed by atoms with van der Waals surface area (Å²) in [5.74, 6) is 0. The summed E-state index contributed by atoms with van der Waals surface area (Å²) >= 11 is 0. The van der Waals surface area contributed by atoms with Gasteiger partial charge in [0, 0.05) is 32.8 Å². The minimum Gasteiger partial charge on any atom is -0.397 e.